The molecule has 0 fully saturated rings. The lowest BCUT2D eigenvalue weighted by molar-refractivity contribution is -0.116. The minimum Gasteiger partial charge on any atom is -0.332 e. The molecule has 3 rings (SSSR count). The third kappa shape index (κ3) is 3.51. The fraction of sp³-hybridized carbons (Fsp3) is 0.238. The number of carbonyl (C=O) groups excluding carboxylic acids is 4. The van der Waals surface area contributed by atoms with Crippen molar-refractivity contribution in [3.63, 3.8) is 0 Å². The van der Waals surface area contributed by atoms with Crippen molar-refractivity contribution in [2.24, 2.45) is 0 Å². The van der Waals surface area contributed by atoms with Gasteiger partial charge in [0.25, 0.3) is 17.7 Å². The Kier molecular flexibility index (Phi) is 5.26. The topological polar surface area (TPSA) is 86.8 Å². The van der Waals surface area contributed by atoms with Crippen LogP contribution in [-0.2, 0) is 11.2 Å². The highest BCUT2D eigenvalue weighted by Crippen LogP contribution is 2.23. The zero-order chi connectivity index (χ0) is 20.4. The van der Waals surface area contributed by atoms with Crippen LogP contribution in [-0.4, -0.2) is 54.1 Å². The molecule has 4 amide bonds. The molecule has 0 saturated carbocycles. The molecule has 0 bridgehead atoms. The first-order chi connectivity index (χ1) is 13.3. The molecule has 2 aromatic carbocycles. The molecule has 7 heteroatoms. The van der Waals surface area contributed by atoms with Gasteiger partial charge in [-0.15, -0.1) is 0 Å². The number of carbonyl (C=O) groups is 4. The first-order valence-electron chi connectivity index (χ1n) is 8.93. The molecule has 144 valence electrons. The van der Waals surface area contributed by atoms with Crippen molar-refractivity contribution >= 4 is 29.3 Å². The molecule has 0 aliphatic carbocycles. The number of amides is 4. The van der Waals surface area contributed by atoms with E-state index in [4.69, 9.17) is 0 Å². The summed E-state index contributed by atoms with van der Waals surface area (Å²) in [5, 5.41) is 2.82. The monoisotopic (exact) mass is 379 g/mol. The Morgan fingerprint density at radius 1 is 1.04 bits per heavy atom. The summed E-state index contributed by atoms with van der Waals surface area (Å²) < 4.78 is 0. The first kappa shape index (κ1) is 19.3. The van der Waals surface area contributed by atoms with Crippen molar-refractivity contribution in [2.75, 3.05) is 26.0 Å². The number of nitrogens with one attached hydrogen (secondary N) is 1. The third-order valence-corrected chi connectivity index (χ3v) is 4.74. The van der Waals surface area contributed by atoms with Crippen molar-refractivity contribution < 1.29 is 19.2 Å². The van der Waals surface area contributed by atoms with Gasteiger partial charge in [-0.25, -0.2) is 0 Å². The molecule has 28 heavy (non-hydrogen) atoms. The Morgan fingerprint density at radius 2 is 1.71 bits per heavy atom. The SMILES string of the molecule is CCc1ccccc1NC(=O)CN(C)C(=O)c1ccc2c(c1)C(=O)N(C)C2=O. The van der Waals surface area contributed by atoms with Gasteiger partial charge in [-0.2, -0.15) is 0 Å². The van der Waals surface area contributed by atoms with Crippen LogP contribution in [0.1, 0.15) is 43.6 Å². The van der Waals surface area contributed by atoms with Crippen LogP contribution in [0, 0.1) is 0 Å². The van der Waals surface area contributed by atoms with Crippen molar-refractivity contribution in [2.45, 2.75) is 13.3 Å². The number of anilines is 1. The van der Waals surface area contributed by atoms with Gasteiger partial charge in [0.05, 0.1) is 17.7 Å². The van der Waals surface area contributed by atoms with Gasteiger partial charge in [0.2, 0.25) is 5.91 Å². The number of fused-ring (bicyclic) bond motifs is 1. The summed E-state index contributed by atoms with van der Waals surface area (Å²) in [5.41, 5.74) is 2.46. The van der Waals surface area contributed by atoms with Crippen LogP contribution in [0.15, 0.2) is 42.5 Å². The van der Waals surface area contributed by atoms with Gasteiger partial charge in [-0.1, -0.05) is 25.1 Å². The highest BCUT2D eigenvalue weighted by Gasteiger charge is 2.33. The zero-order valence-electron chi connectivity index (χ0n) is 16.0. The van der Waals surface area contributed by atoms with E-state index >= 15 is 0 Å². The van der Waals surface area contributed by atoms with Crippen LogP contribution in [0.2, 0.25) is 0 Å². The summed E-state index contributed by atoms with van der Waals surface area (Å²) >= 11 is 0. The highest BCUT2D eigenvalue weighted by molar-refractivity contribution is 6.21. The summed E-state index contributed by atoms with van der Waals surface area (Å²) in [6.07, 6.45) is 0.779. The molecule has 0 radical (unpaired) electrons. The Labute approximate surface area is 162 Å². The second-order valence-corrected chi connectivity index (χ2v) is 6.65. The lowest BCUT2D eigenvalue weighted by Crippen LogP contribution is -2.35. The van der Waals surface area contributed by atoms with E-state index in [1.165, 1.54) is 37.2 Å². The summed E-state index contributed by atoms with van der Waals surface area (Å²) in [4.78, 5) is 51.4. The van der Waals surface area contributed by atoms with Gasteiger partial charge in [0.15, 0.2) is 0 Å². The van der Waals surface area contributed by atoms with Gasteiger partial charge in [-0.3, -0.25) is 24.1 Å². The molecule has 1 aliphatic heterocycles. The van der Waals surface area contributed by atoms with Gasteiger partial charge >= 0.3 is 0 Å². The molecule has 1 heterocycles. The van der Waals surface area contributed by atoms with Crippen molar-refractivity contribution in [3.05, 3.63) is 64.7 Å². The van der Waals surface area contributed by atoms with E-state index in [9.17, 15) is 19.2 Å². The number of hydrogen-bond acceptors (Lipinski definition) is 4. The standard InChI is InChI=1S/C21H21N3O4/c1-4-13-7-5-6-8-17(13)22-18(25)12-23(2)19(26)14-9-10-15-16(11-14)21(28)24(3)20(15)27/h5-11H,4,12H2,1-3H3,(H,22,25). The maximum Gasteiger partial charge on any atom is 0.261 e. The average Bonchev–Trinajstić information content (AvgIpc) is 2.91. The number of hydrogen-bond donors (Lipinski definition) is 1. The molecule has 1 aliphatic rings. The van der Waals surface area contributed by atoms with Gasteiger partial charge in [0.1, 0.15) is 0 Å². The van der Waals surface area contributed by atoms with Crippen molar-refractivity contribution in [1.82, 2.24) is 9.80 Å². The molecule has 0 atom stereocenters. The van der Waals surface area contributed by atoms with E-state index in [0.29, 0.717) is 0 Å². The average molecular weight is 379 g/mol. The van der Waals surface area contributed by atoms with Gasteiger partial charge < -0.3 is 10.2 Å². The molecule has 0 spiro atoms. The maximum absolute atomic E-state index is 12.7. The third-order valence-electron chi connectivity index (χ3n) is 4.74. The second-order valence-electron chi connectivity index (χ2n) is 6.65. The maximum atomic E-state index is 12.7. The van der Waals surface area contributed by atoms with Crippen LogP contribution < -0.4 is 5.32 Å². The normalized spacial score (nSPS) is 12.8. The van der Waals surface area contributed by atoms with Crippen LogP contribution in [0.5, 0.6) is 0 Å². The number of rotatable bonds is 5. The quantitative estimate of drug-likeness (QED) is 0.807. The first-order valence-corrected chi connectivity index (χ1v) is 8.93. The van der Waals surface area contributed by atoms with E-state index in [1.807, 2.05) is 31.2 Å². The van der Waals surface area contributed by atoms with E-state index < -0.39 is 11.8 Å². The molecular formula is C21H21N3O4. The van der Waals surface area contributed by atoms with E-state index in [0.717, 1.165) is 22.6 Å². The smallest absolute Gasteiger partial charge is 0.261 e. The molecule has 2 aromatic rings. The fourth-order valence-corrected chi connectivity index (χ4v) is 3.14. The Morgan fingerprint density at radius 3 is 2.43 bits per heavy atom. The number of imide groups is 1. The highest BCUT2D eigenvalue weighted by atomic mass is 16.2. The number of nitrogens with zero attached hydrogens (tertiary/aromatic N) is 2. The molecular weight excluding hydrogens is 358 g/mol. The lowest BCUT2D eigenvalue weighted by atomic mass is 10.0. The minimum absolute atomic E-state index is 0.138. The van der Waals surface area contributed by atoms with Gasteiger partial charge in [-0.05, 0) is 36.2 Å². The summed E-state index contributed by atoms with van der Waals surface area (Å²) in [6, 6.07) is 11.9. The second kappa shape index (κ2) is 7.64. The fourth-order valence-electron chi connectivity index (χ4n) is 3.14. The van der Waals surface area contributed by atoms with Crippen molar-refractivity contribution in [3.8, 4) is 0 Å². The zero-order valence-corrected chi connectivity index (χ0v) is 16.0. The predicted octanol–water partition coefficient (Wildman–Crippen LogP) is 2.19. The van der Waals surface area contributed by atoms with Crippen LogP contribution in [0.3, 0.4) is 0 Å². The number of aryl methyl sites for hydroxylation is 1. The largest absolute Gasteiger partial charge is 0.332 e. The molecule has 0 unspecified atom stereocenters. The van der Waals surface area contributed by atoms with E-state index in [2.05, 4.69) is 5.32 Å². The predicted molar refractivity (Wildman–Crippen MR) is 104 cm³/mol. The number of benzene rings is 2. The van der Waals surface area contributed by atoms with E-state index in [-0.39, 0.29) is 35.0 Å². The Bertz CT molecular complexity index is 983. The van der Waals surface area contributed by atoms with Crippen LogP contribution >= 0.6 is 0 Å². The summed E-state index contributed by atoms with van der Waals surface area (Å²) in [6.45, 7) is 1.86. The molecule has 0 saturated heterocycles. The number of para-hydroxylation sites is 1. The molecule has 1 N–H and O–H groups in total. The van der Waals surface area contributed by atoms with E-state index in [1.54, 1.807) is 0 Å². The summed E-state index contributed by atoms with van der Waals surface area (Å²) in [7, 11) is 2.91. The lowest BCUT2D eigenvalue weighted by Gasteiger charge is -2.18. The molecule has 7 nitrogen and oxygen atoms in total. The minimum atomic E-state index is -0.439. The summed E-state index contributed by atoms with van der Waals surface area (Å²) in [5.74, 6) is -1.55. The Hall–Kier alpha value is -3.48. The number of likely N-dealkylation sites (N-methyl/N-ethyl adjacent to an activating group) is 1. The van der Waals surface area contributed by atoms with Crippen LogP contribution in [0.25, 0.3) is 0 Å². The van der Waals surface area contributed by atoms with Crippen LogP contribution in [0.4, 0.5) is 5.69 Å². The molecule has 0 aromatic heterocycles. The van der Waals surface area contributed by atoms with Crippen molar-refractivity contribution in [1.29, 1.82) is 0 Å². The Balaban J connectivity index is 1.71. The van der Waals surface area contributed by atoms with Gasteiger partial charge in [0, 0.05) is 25.3 Å².